The van der Waals surface area contributed by atoms with Crippen molar-refractivity contribution < 1.29 is 14.3 Å². The molecule has 0 aromatic heterocycles. The molecule has 2 aromatic carbocycles. The number of halogens is 1. The molecular weight excluding hydrogens is 398 g/mol. The number of thiocarbonyl (C=S) groups is 1. The molecule has 0 radical (unpaired) electrons. The lowest BCUT2D eigenvalue weighted by Crippen LogP contribution is -2.47. The number of benzene rings is 2. The molecule has 3 N–H and O–H groups in total. The molecule has 0 spiro atoms. The van der Waals surface area contributed by atoms with E-state index in [2.05, 4.69) is 16.2 Å². The fourth-order valence-electron chi connectivity index (χ4n) is 2.40. The second-order valence-corrected chi connectivity index (χ2v) is 6.58. The Labute approximate surface area is 175 Å². The van der Waals surface area contributed by atoms with Gasteiger partial charge in [0.15, 0.2) is 16.6 Å². The molecule has 6 nitrogen and oxygen atoms in total. The highest BCUT2D eigenvalue weighted by Crippen LogP contribution is 2.28. The largest absolute Gasteiger partial charge is 0.490 e. The Morgan fingerprint density at radius 3 is 2.36 bits per heavy atom. The topological polar surface area (TPSA) is 71.6 Å². The summed E-state index contributed by atoms with van der Waals surface area (Å²) >= 11 is 11.0. The van der Waals surface area contributed by atoms with Crippen molar-refractivity contribution in [1.82, 2.24) is 16.2 Å². The fourth-order valence-corrected chi connectivity index (χ4v) is 2.68. The summed E-state index contributed by atoms with van der Waals surface area (Å²) in [5.41, 5.74) is 6.80. The molecule has 0 aliphatic carbocycles. The van der Waals surface area contributed by atoms with Gasteiger partial charge in [-0.2, -0.15) is 0 Å². The second-order valence-electron chi connectivity index (χ2n) is 5.74. The zero-order chi connectivity index (χ0) is 20.4. The van der Waals surface area contributed by atoms with Gasteiger partial charge in [-0.1, -0.05) is 17.7 Å². The minimum atomic E-state index is -0.298. The van der Waals surface area contributed by atoms with Crippen LogP contribution in [0.25, 0.3) is 0 Å². The Hall–Kier alpha value is -2.51. The Morgan fingerprint density at radius 1 is 1.00 bits per heavy atom. The highest BCUT2D eigenvalue weighted by atomic mass is 35.5. The van der Waals surface area contributed by atoms with Crippen molar-refractivity contribution in [3.63, 3.8) is 0 Å². The number of hydrazine groups is 1. The molecule has 150 valence electrons. The summed E-state index contributed by atoms with van der Waals surface area (Å²) < 4.78 is 11.2. The number of ether oxygens (including phenoxy) is 2. The first-order valence-corrected chi connectivity index (χ1v) is 9.80. The fraction of sp³-hybridized carbons (Fsp3) is 0.300. The smallest absolute Gasteiger partial charge is 0.269 e. The summed E-state index contributed by atoms with van der Waals surface area (Å²) in [5.74, 6) is 1.18. The van der Waals surface area contributed by atoms with Gasteiger partial charge in [0, 0.05) is 17.1 Å². The molecule has 8 heteroatoms. The third-order valence-electron chi connectivity index (χ3n) is 3.70. The number of rotatable bonds is 8. The lowest BCUT2D eigenvalue weighted by molar-refractivity contribution is 0.0943. The molecule has 0 unspecified atom stereocenters. The quantitative estimate of drug-likeness (QED) is 0.447. The minimum absolute atomic E-state index is 0.298. The van der Waals surface area contributed by atoms with Crippen LogP contribution in [0.3, 0.4) is 0 Å². The molecular formula is C20H24ClN3O3S. The van der Waals surface area contributed by atoms with E-state index in [4.69, 9.17) is 33.3 Å². The maximum absolute atomic E-state index is 12.0. The summed E-state index contributed by atoms with van der Waals surface area (Å²) in [7, 11) is 0. The average Bonchev–Trinajstić information content (AvgIpc) is 2.69. The van der Waals surface area contributed by atoms with Crippen molar-refractivity contribution >= 4 is 34.8 Å². The van der Waals surface area contributed by atoms with E-state index in [-0.39, 0.29) is 5.91 Å². The van der Waals surface area contributed by atoms with E-state index in [1.165, 1.54) is 0 Å². The van der Waals surface area contributed by atoms with Crippen molar-refractivity contribution in [2.24, 2.45) is 0 Å². The standard InChI is InChI=1S/C20H24ClN3O3S/c1-3-26-17-10-5-14(13-18(17)27-4-2)11-12-22-20(28)24-23-19(25)15-6-8-16(21)9-7-15/h5-10,13H,3-4,11-12H2,1-2H3,(H,23,25)(H2,22,24,28). The predicted molar refractivity (Wildman–Crippen MR) is 115 cm³/mol. The summed E-state index contributed by atoms with van der Waals surface area (Å²) in [4.78, 5) is 12.0. The lowest BCUT2D eigenvalue weighted by Gasteiger charge is -2.14. The van der Waals surface area contributed by atoms with Crippen LogP contribution in [-0.4, -0.2) is 30.8 Å². The number of hydrogen-bond acceptors (Lipinski definition) is 4. The average molecular weight is 422 g/mol. The Bertz CT molecular complexity index is 800. The van der Waals surface area contributed by atoms with E-state index in [1.54, 1.807) is 24.3 Å². The van der Waals surface area contributed by atoms with Gasteiger partial charge in [-0.05, 0) is 74.4 Å². The summed E-state index contributed by atoms with van der Waals surface area (Å²) in [6.07, 6.45) is 0.736. The van der Waals surface area contributed by atoms with Crippen molar-refractivity contribution in [3.05, 3.63) is 58.6 Å². The molecule has 1 amide bonds. The molecule has 0 atom stereocenters. The number of hydrogen-bond donors (Lipinski definition) is 3. The van der Waals surface area contributed by atoms with Crippen LogP contribution < -0.4 is 25.6 Å². The van der Waals surface area contributed by atoms with Crippen LogP contribution in [0.15, 0.2) is 42.5 Å². The first kappa shape index (κ1) is 21.8. The third kappa shape index (κ3) is 6.90. The van der Waals surface area contributed by atoms with Gasteiger partial charge in [0.2, 0.25) is 0 Å². The number of carbonyl (C=O) groups excluding carboxylic acids is 1. The zero-order valence-electron chi connectivity index (χ0n) is 15.9. The lowest BCUT2D eigenvalue weighted by atomic mass is 10.1. The maximum Gasteiger partial charge on any atom is 0.269 e. The molecule has 2 aromatic rings. The molecule has 0 saturated carbocycles. The highest BCUT2D eigenvalue weighted by molar-refractivity contribution is 7.80. The van der Waals surface area contributed by atoms with Crippen LogP contribution in [0, 0.1) is 0 Å². The molecule has 0 aliphatic rings. The monoisotopic (exact) mass is 421 g/mol. The molecule has 0 bridgehead atoms. The van der Waals surface area contributed by atoms with Crippen LogP contribution in [-0.2, 0) is 6.42 Å². The first-order chi connectivity index (χ1) is 13.5. The van der Waals surface area contributed by atoms with E-state index in [0.29, 0.717) is 35.5 Å². The van der Waals surface area contributed by atoms with E-state index in [1.807, 2.05) is 32.0 Å². The van der Waals surface area contributed by atoms with Crippen molar-refractivity contribution in [1.29, 1.82) is 0 Å². The summed E-state index contributed by atoms with van der Waals surface area (Å²) in [6, 6.07) is 12.5. The van der Waals surface area contributed by atoms with Crippen LogP contribution in [0.2, 0.25) is 5.02 Å². The normalized spacial score (nSPS) is 10.1. The van der Waals surface area contributed by atoms with E-state index < -0.39 is 0 Å². The van der Waals surface area contributed by atoms with Crippen LogP contribution in [0.4, 0.5) is 0 Å². The summed E-state index contributed by atoms with van der Waals surface area (Å²) in [6.45, 7) is 5.63. The van der Waals surface area contributed by atoms with Gasteiger partial charge in [0.25, 0.3) is 5.91 Å². The van der Waals surface area contributed by atoms with Gasteiger partial charge >= 0.3 is 0 Å². The molecule has 2 rings (SSSR count). The van der Waals surface area contributed by atoms with Crippen LogP contribution >= 0.6 is 23.8 Å². The van der Waals surface area contributed by atoms with E-state index in [9.17, 15) is 4.79 Å². The van der Waals surface area contributed by atoms with E-state index in [0.717, 1.165) is 23.5 Å². The Morgan fingerprint density at radius 2 is 1.68 bits per heavy atom. The highest BCUT2D eigenvalue weighted by Gasteiger charge is 2.07. The van der Waals surface area contributed by atoms with Gasteiger partial charge < -0.3 is 14.8 Å². The minimum Gasteiger partial charge on any atom is -0.490 e. The van der Waals surface area contributed by atoms with Crippen LogP contribution in [0.5, 0.6) is 11.5 Å². The van der Waals surface area contributed by atoms with Crippen molar-refractivity contribution in [2.75, 3.05) is 19.8 Å². The van der Waals surface area contributed by atoms with Gasteiger partial charge in [0.1, 0.15) is 0 Å². The summed E-state index contributed by atoms with van der Waals surface area (Å²) in [5, 5.41) is 3.96. The molecule has 0 fully saturated rings. The Balaban J connectivity index is 1.77. The third-order valence-corrected chi connectivity index (χ3v) is 4.20. The van der Waals surface area contributed by atoms with E-state index >= 15 is 0 Å². The van der Waals surface area contributed by atoms with Gasteiger partial charge in [-0.25, -0.2) is 0 Å². The van der Waals surface area contributed by atoms with Gasteiger partial charge in [0.05, 0.1) is 13.2 Å². The molecule has 0 heterocycles. The predicted octanol–water partition coefficient (Wildman–Crippen LogP) is 3.49. The number of amides is 1. The maximum atomic E-state index is 12.0. The first-order valence-electron chi connectivity index (χ1n) is 9.01. The zero-order valence-corrected chi connectivity index (χ0v) is 17.5. The SMILES string of the molecule is CCOc1ccc(CCNC(=S)NNC(=O)c2ccc(Cl)cc2)cc1OCC. The molecule has 28 heavy (non-hydrogen) atoms. The van der Waals surface area contributed by atoms with Crippen molar-refractivity contribution in [3.8, 4) is 11.5 Å². The molecule has 0 saturated heterocycles. The van der Waals surface area contributed by atoms with Crippen LogP contribution in [0.1, 0.15) is 29.8 Å². The number of nitrogens with one attached hydrogen (secondary N) is 3. The Kier molecular flexibility index (Phi) is 8.84. The van der Waals surface area contributed by atoms with Gasteiger partial charge in [-0.15, -0.1) is 0 Å². The molecule has 0 aliphatic heterocycles. The van der Waals surface area contributed by atoms with Crippen molar-refractivity contribution in [2.45, 2.75) is 20.3 Å². The van der Waals surface area contributed by atoms with Gasteiger partial charge in [-0.3, -0.25) is 15.6 Å². The number of carbonyl (C=O) groups is 1. The second kappa shape index (κ2) is 11.4.